The number of amides is 1. The van der Waals surface area contributed by atoms with Crippen LogP contribution in [0.5, 0.6) is 17.2 Å². The fraction of sp³-hybridized carbons (Fsp3) is 0.351. The maximum absolute atomic E-state index is 13.6. The summed E-state index contributed by atoms with van der Waals surface area (Å²) >= 11 is 0. The number of allylic oxidation sites excluding steroid dienone is 1. The fourth-order valence-electron chi connectivity index (χ4n) is 5.94. The zero-order valence-electron chi connectivity index (χ0n) is 27.0. The lowest BCUT2D eigenvalue weighted by atomic mass is 9.84. The number of ketones is 1. The minimum atomic E-state index is -0.835. The van der Waals surface area contributed by atoms with Gasteiger partial charge in [-0.25, -0.2) is 9.78 Å². The number of ether oxygens (including phenoxy) is 2. The molecule has 1 aliphatic heterocycles. The summed E-state index contributed by atoms with van der Waals surface area (Å²) in [4.78, 5) is 47.0. The lowest BCUT2D eigenvalue weighted by Crippen LogP contribution is -2.25. The molecule has 0 spiro atoms. The molecular weight excluding hydrogens is 598 g/mol. The third-order valence-electron chi connectivity index (χ3n) is 8.45. The summed E-state index contributed by atoms with van der Waals surface area (Å²) in [6.07, 6.45) is 6.00. The van der Waals surface area contributed by atoms with E-state index in [2.05, 4.69) is 15.3 Å². The lowest BCUT2D eigenvalue weighted by Gasteiger charge is -2.23. The van der Waals surface area contributed by atoms with Crippen LogP contribution in [-0.4, -0.2) is 51.1 Å². The number of benzene rings is 3. The molecule has 2 unspecified atom stereocenters. The molecule has 0 saturated heterocycles. The zero-order valence-corrected chi connectivity index (χ0v) is 27.0. The monoisotopic (exact) mass is 639 g/mol. The first-order valence-corrected chi connectivity index (χ1v) is 16.0. The van der Waals surface area contributed by atoms with E-state index in [1.54, 1.807) is 50.5 Å². The molecule has 2 heterocycles. The fourth-order valence-corrected chi connectivity index (χ4v) is 5.94. The van der Waals surface area contributed by atoms with E-state index in [0.29, 0.717) is 55.7 Å². The minimum Gasteiger partial charge on any atom is -0.507 e. The van der Waals surface area contributed by atoms with Crippen molar-refractivity contribution in [2.24, 2.45) is 0 Å². The number of phenols is 2. The summed E-state index contributed by atoms with van der Waals surface area (Å²) in [6, 6.07) is 14.2. The molecule has 4 aromatic rings. The van der Waals surface area contributed by atoms with Gasteiger partial charge in [0, 0.05) is 30.7 Å². The van der Waals surface area contributed by atoms with Crippen LogP contribution in [0.3, 0.4) is 0 Å². The number of aryl methyl sites for hydroxylation is 1. The van der Waals surface area contributed by atoms with Crippen molar-refractivity contribution in [1.82, 2.24) is 15.3 Å². The predicted octanol–water partition coefficient (Wildman–Crippen LogP) is 6.61. The van der Waals surface area contributed by atoms with Crippen molar-refractivity contribution < 1.29 is 34.1 Å². The Morgan fingerprint density at radius 2 is 1.87 bits per heavy atom. The highest BCUT2D eigenvalue weighted by atomic mass is 16.5. The number of aromatic amines is 1. The van der Waals surface area contributed by atoms with Crippen molar-refractivity contribution in [1.29, 1.82) is 0 Å². The summed E-state index contributed by atoms with van der Waals surface area (Å²) in [5.74, 6) is -1.31. The number of carbonyl (C=O) groups excluding carboxylic acids is 3. The van der Waals surface area contributed by atoms with Crippen molar-refractivity contribution >= 4 is 34.8 Å². The smallest absolute Gasteiger partial charge is 0.342 e. The van der Waals surface area contributed by atoms with Gasteiger partial charge in [-0.2, -0.15) is 0 Å². The molecule has 0 fully saturated rings. The van der Waals surface area contributed by atoms with E-state index >= 15 is 0 Å². The summed E-state index contributed by atoms with van der Waals surface area (Å²) in [5, 5.41) is 26.0. The number of nitrogens with one attached hydrogen (secondary N) is 2. The molecule has 246 valence electrons. The highest BCUT2D eigenvalue weighted by Gasteiger charge is 2.31. The molecule has 0 saturated carbocycles. The number of aromatic hydroxyl groups is 2. The number of rotatable bonds is 7. The molecule has 0 bridgehead atoms. The van der Waals surface area contributed by atoms with Crippen molar-refractivity contribution in [3.63, 3.8) is 0 Å². The van der Waals surface area contributed by atoms with Gasteiger partial charge >= 0.3 is 5.97 Å². The van der Waals surface area contributed by atoms with Crippen LogP contribution in [0.1, 0.15) is 96.2 Å². The van der Waals surface area contributed by atoms with Crippen LogP contribution < -0.4 is 10.1 Å². The number of phenolic OH excluding ortho intramolecular Hbond substituents is 2. The number of aromatic nitrogens is 2. The van der Waals surface area contributed by atoms with Crippen molar-refractivity contribution in [2.45, 2.75) is 77.4 Å². The van der Waals surface area contributed by atoms with Crippen LogP contribution in [0.4, 0.5) is 0 Å². The number of nitrogens with zero attached hydrogens (tertiary/aromatic N) is 1. The second-order valence-corrected chi connectivity index (χ2v) is 12.1. The van der Waals surface area contributed by atoms with Gasteiger partial charge in [-0.05, 0) is 86.6 Å². The third kappa shape index (κ3) is 8.19. The van der Waals surface area contributed by atoms with E-state index in [9.17, 15) is 24.6 Å². The second-order valence-electron chi connectivity index (χ2n) is 12.1. The zero-order chi connectivity index (χ0) is 33.5. The highest BCUT2D eigenvalue weighted by molar-refractivity contribution is 5.98. The van der Waals surface area contributed by atoms with E-state index in [0.717, 1.165) is 16.6 Å². The number of esters is 1. The van der Waals surface area contributed by atoms with Crippen LogP contribution in [0.25, 0.3) is 17.1 Å². The van der Waals surface area contributed by atoms with Gasteiger partial charge in [-0.1, -0.05) is 30.4 Å². The van der Waals surface area contributed by atoms with Crippen LogP contribution in [0.2, 0.25) is 0 Å². The van der Waals surface area contributed by atoms with Crippen molar-refractivity contribution in [3.8, 4) is 17.2 Å². The van der Waals surface area contributed by atoms with E-state index < -0.39 is 23.7 Å². The van der Waals surface area contributed by atoms with Crippen LogP contribution in [-0.2, 0) is 20.9 Å². The maximum Gasteiger partial charge on any atom is 0.342 e. The molecule has 5 rings (SSSR count). The number of cyclic esters (lactones) is 1. The molecule has 10 heteroatoms. The van der Waals surface area contributed by atoms with E-state index in [4.69, 9.17) is 9.47 Å². The summed E-state index contributed by atoms with van der Waals surface area (Å²) in [7, 11) is 1.54. The van der Waals surface area contributed by atoms with Gasteiger partial charge in [0.05, 0.1) is 30.8 Å². The Hall–Kier alpha value is -5.12. The normalized spacial score (nSPS) is 16.6. The van der Waals surface area contributed by atoms with Gasteiger partial charge in [0.2, 0.25) is 5.91 Å². The summed E-state index contributed by atoms with van der Waals surface area (Å²) < 4.78 is 11.0. The van der Waals surface area contributed by atoms with Gasteiger partial charge in [-0.15, -0.1) is 0 Å². The lowest BCUT2D eigenvalue weighted by molar-refractivity contribution is -0.121. The Kier molecular flexibility index (Phi) is 10.6. The number of hydrogen-bond acceptors (Lipinski definition) is 8. The number of imidazole rings is 1. The average Bonchev–Trinajstić information content (AvgIpc) is 3.44. The SMILES string of the molecule is COc1ccc(C(CC(=O)NCc2nc3ccc(C)cc3[nH]2)c2c(O)cc3c(c2O)C(=O)OC(C)CCCC(=O)CCCC=C3)cc1. The van der Waals surface area contributed by atoms with Gasteiger partial charge in [-0.3, -0.25) is 9.59 Å². The van der Waals surface area contributed by atoms with Gasteiger partial charge < -0.3 is 30.0 Å². The molecule has 4 N–H and O–H groups in total. The predicted molar refractivity (Wildman–Crippen MR) is 179 cm³/mol. The Bertz CT molecular complexity index is 1790. The first-order chi connectivity index (χ1) is 22.6. The van der Waals surface area contributed by atoms with E-state index in [1.165, 1.54) is 6.07 Å². The van der Waals surface area contributed by atoms with E-state index in [-0.39, 0.29) is 47.1 Å². The largest absolute Gasteiger partial charge is 0.507 e. The standard InChI is InChI=1S/C37H41N3O7/c1-22-12-17-29-30(18-22)40-32(39-29)21-38-33(43)20-28(24-13-15-27(46-3)16-14-24)35-31(42)19-25-9-5-4-6-10-26(41)11-7-8-23(2)47-37(45)34(25)36(35)44/h5,9,12-19,23,28,42,44H,4,6-8,10-11,20-21H2,1-3H3,(H,38,43)(H,39,40). The molecule has 1 aliphatic rings. The molecule has 1 amide bonds. The maximum atomic E-state index is 13.6. The second kappa shape index (κ2) is 15.0. The van der Waals surface area contributed by atoms with Crippen molar-refractivity contribution in [3.05, 3.63) is 88.2 Å². The number of carbonyl (C=O) groups is 3. The Morgan fingerprint density at radius 3 is 2.64 bits per heavy atom. The molecule has 3 aromatic carbocycles. The Balaban J connectivity index is 1.49. The van der Waals surface area contributed by atoms with Crippen LogP contribution >= 0.6 is 0 Å². The van der Waals surface area contributed by atoms with Gasteiger partial charge in [0.15, 0.2) is 0 Å². The molecule has 47 heavy (non-hydrogen) atoms. The van der Waals surface area contributed by atoms with E-state index in [1.807, 2.05) is 25.1 Å². The Morgan fingerprint density at radius 1 is 1.11 bits per heavy atom. The topological polar surface area (TPSA) is 151 Å². The third-order valence-corrected chi connectivity index (χ3v) is 8.45. The average molecular weight is 640 g/mol. The number of H-pyrrole nitrogens is 1. The Labute approximate surface area is 273 Å². The molecule has 10 nitrogen and oxygen atoms in total. The quantitative estimate of drug-likeness (QED) is 0.165. The summed E-state index contributed by atoms with van der Waals surface area (Å²) in [5.41, 5.74) is 3.59. The molecule has 0 radical (unpaired) electrons. The van der Waals surface area contributed by atoms with Crippen LogP contribution in [0.15, 0.2) is 54.6 Å². The first-order valence-electron chi connectivity index (χ1n) is 16.0. The van der Waals surface area contributed by atoms with Gasteiger partial charge in [0.1, 0.15) is 34.4 Å². The summed E-state index contributed by atoms with van der Waals surface area (Å²) in [6.45, 7) is 3.88. The van der Waals surface area contributed by atoms with Gasteiger partial charge in [0.25, 0.3) is 0 Å². The molecular formula is C37H41N3O7. The minimum absolute atomic E-state index is 0.0352. The highest BCUT2D eigenvalue weighted by Crippen LogP contribution is 2.44. The number of methoxy groups -OCH3 is 1. The number of hydrogen-bond donors (Lipinski definition) is 4. The van der Waals surface area contributed by atoms with Crippen molar-refractivity contribution in [2.75, 3.05) is 7.11 Å². The number of Topliss-reactive ketones (excluding diaryl/α,β-unsaturated/α-hetero) is 1. The number of fused-ring (bicyclic) bond motifs is 2. The molecule has 2 atom stereocenters. The molecule has 1 aromatic heterocycles. The molecule has 0 aliphatic carbocycles. The van der Waals surface area contributed by atoms with Crippen LogP contribution in [0, 0.1) is 6.92 Å². The first kappa shape index (κ1) is 33.2.